The van der Waals surface area contributed by atoms with Gasteiger partial charge in [-0.15, -0.1) is 0 Å². The van der Waals surface area contributed by atoms with E-state index in [-0.39, 0.29) is 52.1 Å². The number of rotatable bonds is 9. The molecule has 2 spiro atoms. The number of aliphatic hydroxyl groups is 7. The van der Waals surface area contributed by atoms with Crippen LogP contribution in [0.3, 0.4) is 0 Å². The van der Waals surface area contributed by atoms with E-state index in [1.54, 1.807) is 13.8 Å². The first-order valence-corrected chi connectivity index (χ1v) is 22.6. The van der Waals surface area contributed by atoms with Gasteiger partial charge in [-0.2, -0.15) is 0 Å². The quantitative estimate of drug-likeness (QED) is 0.129. The van der Waals surface area contributed by atoms with Crippen molar-refractivity contribution in [2.45, 2.75) is 211 Å². The molecule has 3 aliphatic heterocycles. The first-order chi connectivity index (χ1) is 28.3. The van der Waals surface area contributed by atoms with Gasteiger partial charge in [0.25, 0.3) is 0 Å². The van der Waals surface area contributed by atoms with Gasteiger partial charge in [0.05, 0.1) is 48.8 Å². The van der Waals surface area contributed by atoms with E-state index < -0.39 is 109 Å². The van der Waals surface area contributed by atoms with Crippen LogP contribution >= 0.6 is 0 Å². The maximum atomic E-state index is 12.4. The predicted octanol–water partition coefficient (Wildman–Crippen LogP) is 1.87. The van der Waals surface area contributed by atoms with Crippen LogP contribution in [0.25, 0.3) is 0 Å². The Balaban J connectivity index is 1.15. The predicted molar refractivity (Wildman–Crippen MR) is 213 cm³/mol. The van der Waals surface area contributed by atoms with E-state index in [2.05, 4.69) is 34.6 Å². The number of fused-ring (bicyclic) bond motifs is 2. The van der Waals surface area contributed by atoms with Crippen LogP contribution in [-0.4, -0.2) is 152 Å². The fraction of sp³-hybridized carbons (Fsp3) is 0.956. The van der Waals surface area contributed by atoms with Crippen LogP contribution in [0.5, 0.6) is 0 Å². The molecular formula is C45H72O16. The average molecular weight is 869 g/mol. The van der Waals surface area contributed by atoms with Crippen molar-refractivity contribution >= 4 is 11.9 Å². The van der Waals surface area contributed by atoms with E-state index in [9.17, 15) is 45.3 Å². The zero-order valence-corrected chi connectivity index (χ0v) is 37.3. The number of carbonyl (C=O) groups excluding carboxylic acids is 2. The minimum absolute atomic E-state index is 0.0638. The molecule has 16 nitrogen and oxygen atoms in total. The third-order valence-corrected chi connectivity index (χ3v) is 18.2. The summed E-state index contributed by atoms with van der Waals surface area (Å²) in [7, 11) is 0. The molecule has 61 heavy (non-hydrogen) atoms. The minimum atomic E-state index is -1.63. The number of carbonyl (C=O) groups is 2. The summed E-state index contributed by atoms with van der Waals surface area (Å²) in [6.45, 7) is 16.1. The largest absolute Gasteiger partial charge is 0.455 e. The van der Waals surface area contributed by atoms with E-state index >= 15 is 0 Å². The molecule has 8 aliphatic rings. The molecule has 5 aliphatic carbocycles. The second kappa shape index (κ2) is 15.3. The molecule has 5 saturated carbocycles. The molecule has 16 heteroatoms. The van der Waals surface area contributed by atoms with Gasteiger partial charge < -0.3 is 68.9 Å². The summed E-state index contributed by atoms with van der Waals surface area (Å²) in [5.41, 5.74) is -3.46. The van der Waals surface area contributed by atoms with Gasteiger partial charge in [-0.05, 0) is 117 Å². The highest BCUT2D eigenvalue weighted by atomic mass is 16.7. The molecule has 0 aromatic carbocycles. The lowest BCUT2D eigenvalue weighted by Gasteiger charge is -2.65. The van der Waals surface area contributed by atoms with Gasteiger partial charge in [0.2, 0.25) is 0 Å². The van der Waals surface area contributed by atoms with Gasteiger partial charge in [-0.1, -0.05) is 27.7 Å². The fourth-order valence-corrected chi connectivity index (χ4v) is 15.5. The second-order valence-electron chi connectivity index (χ2n) is 22.2. The van der Waals surface area contributed by atoms with Crippen LogP contribution in [0.15, 0.2) is 0 Å². The normalized spacial score (nSPS) is 53.8. The summed E-state index contributed by atoms with van der Waals surface area (Å²) >= 11 is 0. The fourth-order valence-electron chi connectivity index (χ4n) is 15.5. The summed E-state index contributed by atoms with van der Waals surface area (Å²) in [5, 5.41) is 77.1. The highest BCUT2D eigenvalue weighted by Gasteiger charge is 2.85. The third-order valence-electron chi connectivity index (χ3n) is 18.2. The van der Waals surface area contributed by atoms with Gasteiger partial charge >= 0.3 is 11.9 Å². The Kier molecular flexibility index (Phi) is 11.5. The average Bonchev–Trinajstić information content (AvgIpc) is 3.52. The maximum absolute atomic E-state index is 12.4. The molecule has 0 radical (unpaired) electrons. The number of aliphatic hydroxyl groups excluding tert-OH is 6. The van der Waals surface area contributed by atoms with Crippen LogP contribution in [0, 0.1) is 44.8 Å². The Morgan fingerprint density at radius 3 is 2.05 bits per heavy atom. The van der Waals surface area contributed by atoms with Gasteiger partial charge in [0.1, 0.15) is 30.5 Å². The Labute approximate surface area is 358 Å². The van der Waals surface area contributed by atoms with Crippen molar-refractivity contribution in [3.63, 3.8) is 0 Å². The van der Waals surface area contributed by atoms with Crippen LogP contribution in [-0.2, 0) is 42.7 Å². The maximum Gasteiger partial charge on any atom is 0.303 e. The standard InChI is InChI=1S/C45H72O16/c1-21(47)56-33-24(50)19-55-38(34(33)57-22(2)48)60-28-11-13-45-20-44(45)15-14-41(7)35(43(9)12-10-29(61-43)40(5,6)54)23(49)17-42(41,8)27(44)16-25(36(45)39(28,3)4)58-37-32(53)31(52)30(51)26(18-46)59-37/h23-38,46,49-54H,10-20H2,1-9H3/t23-,24-,25+,26?,27?,28+,29+,30-,31?,32?,33?,34?,35?,36?,37-,38+,41-,42+,43?,44+,45-/m1/s1. The summed E-state index contributed by atoms with van der Waals surface area (Å²) in [5.74, 6) is -1.67. The summed E-state index contributed by atoms with van der Waals surface area (Å²) in [6, 6.07) is 0. The van der Waals surface area contributed by atoms with Crippen LogP contribution in [0.1, 0.15) is 120 Å². The van der Waals surface area contributed by atoms with Crippen LogP contribution in [0.4, 0.5) is 0 Å². The van der Waals surface area contributed by atoms with E-state index in [4.69, 9.17) is 33.2 Å². The van der Waals surface area contributed by atoms with E-state index in [0.29, 0.717) is 25.7 Å². The number of hydrogen-bond acceptors (Lipinski definition) is 16. The Morgan fingerprint density at radius 2 is 1.43 bits per heavy atom. The molecule has 348 valence electrons. The minimum Gasteiger partial charge on any atom is -0.455 e. The molecule has 7 N–H and O–H groups in total. The third kappa shape index (κ3) is 6.89. The summed E-state index contributed by atoms with van der Waals surface area (Å²) < 4.78 is 43.6. The lowest BCUT2D eigenvalue weighted by Crippen LogP contribution is -2.65. The Bertz CT molecular complexity index is 1680. The molecular weight excluding hydrogens is 796 g/mol. The van der Waals surface area contributed by atoms with Gasteiger partial charge in [0, 0.05) is 19.8 Å². The molecule has 8 fully saturated rings. The van der Waals surface area contributed by atoms with E-state index in [1.165, 1.54) is 13.8 Å². The topological polar surface area (TPSA) is 240 Å². The van der Waals surface area contributed by atoms with Crippen molar-refractivity contribution in [1.29, 1.82) is 0 Å². The number of ether oxygens (including phenoxy) is 7. The molecule has 9 unspecified atom stereocenters. The van der Waals surface area contributed by atoms with Crippen molar-refractivity contribution in [3.05, 3.63) is 0 Å². The summed E-state index contributed by atoms with van der Waals surface area (Å²) in [6.07, 6.45) is -7.80. The van der Waals surface area contributed by atoms with Gasteiger partial charge in [0.15, 0.2) is 24.8 Å². The SMILES string of the molecule is CC(=O)OC1C(OC(C)=O)[C@H](O)CO[C@H]1O[C@H]1CC[C@]23C[C@]24CC[C@]2(C)C(C5(C)CC[C@@H](C(C)(C)O)O5)[C@H](O)C[C@@]2(C)C4C[C@H](O[C@@H]2OC(CO)[C@@H](O)C(O)C2O)C3C1(C)C. The van der Waals surface area contributed by atoms with Crippen molar-refractivity contribution in [2.75, 3.05) is 13.2 Å². The van der Waals surface area contributed by atoms with Crippen molar-refractivity contribution < 1.29 is 78.5 Å². The van der Waals surface area contributed by atoms with E-state index in [0.717, 1.165) is 32.1 Å². The Morgan fingerprint density at radius 1 is 0.754 bits per heavy atom. The molecule has 0 aromatic heterocycles. The molecule has 0 amide bonds. The highest BCUT2D eigenvalue weighted by Crippen LogP contribution is 2.89. The van der Waals surface area contributed by atoms with Gasteiger partial charge in [-0.25, -0.2) is 0 Å². The molecule has 21 atom stereocenters. The number of esters is 2. The van der Waals surface area contributed by atoms with Gasteiger partial charge in [-0.3, -0.25) is 9.59 Å². The van der Waals surface area contributed by atoms with Crippen molar-refractivity contribution in [2.24, 2.45) is 44.8 Å². The number of hydrogen-bond donors (Lipinski definition) is 7. The monoisotopic (exact) mass is 868 g/mol. The molecule has 8 rings (SSSR count). The molecule has 0 aromatic rings. The molecule has 0 bridgehead atoms. The smallest absolute Gasteiger partial charge is 0.303 e. The molecule has 3 heterocycles. The Hall–Kier alpha value is -1.54. The molecule has 3 saturated heterocycles. The van der Waals surface area contributed by atoms with Crippen molar-refractivity contribution in [1.82, 2.24) is 0 Å². The highest BCUT2D eigenvalue weighted by molar-refractivity contribution is 5.67. The van der Waals surface area contributed by atoms with E-state index in [1.807, 2.05) is 0 Å². The van der Waals surface area contributed by atoms with Crippen LogP contribution < -0.4 is 0 Å². The lowest BCUT2D eigenvalue weighted by atomic mass is 9.41. The first kappa shape index (κ1) is 46.0. The van der Waals surface area contributed by atoms with Crippen molar-refractivity contribution in [3.8, 4) is 0 Å². The zero-order chi connectivity index (χ0) is 44.6. The lowest BCUT2D eigenvalue weighted by molar-refractivity contribution is -0.339. The van der Waals surface area contributed by atoms with Crippen LogP contribution in [0.2, 0.25) is 0 Å². The zero-order valence-electron chi connectivity index (χ0n) is 37.3. The summed E-state index contributed by atoms with van der Waals surface area (Å²) in [4.78, 5) is 24.5. The second-order valence-corrected chi connectivity index (χ2v) is 22.2. The first-order valence-electron chi connectivity index (χ1n) is 22.6.